The molecule has 0 aliphatic rings. The Bertz CT molecular complexity index is 1070. The van der Waals surface area contributed by atoms with Crippen molar-refractivity contribution in [2.75, 3.05) is 5.32 Å². The van der Waals surface area contributed by atoms with E-state index in [0.717, 1.165) is 5.56 Å². The fourth-order valence-corrected chi connectivity index (χ4v) is 3.15. The van der Waals surface area contributed by atoms with E-state index in [4.69, 9.17) is 0 Å². The summed E-state index contributed by atoms with van der Waals surface area (Å²) in [5, 5.41) is 13.9. The number of nitrogens with zero attached hydrogens (tertiary/aromatic N) is 4. The molecule has 0 radical (unpaired) electrons. The van der Waals surface area contributed by atoms with Crippen LogP contribution >= 0.6 is 0 Å². The zero-order valence-electron chi connectivity index (χ0n) is 15.2. The first-order valence-electron chi connectivity index (χ1n) is 8.95. The Labute approximate surface area is 157 Å². The number of anilines is 1. The summed E-state index contributed by atoms with van der Waals surface area (Å²) in [7, 11) is 0. The van der Waals surface area contributed by atoms with E-state index in [9.17, 15) is 4.79 Å². The molecule has 4 aromatic rings. The fraction of sp³-hybridized carbons (Fsp3) is 0.190. The molecular weight excluding hydrogens is 338 g/mol. The number of aromatic nitrogens is 4. The maximum Gasteiger partial charge on any atom is 0.226 e. The molecule has 6 nitrogen and oxygen atoms in total. The molecule has 1 amide bonds. The minimum atomic E-state index is -0.0483. The van der Waals surface area contributed by atoms with Crippen molar-refractivity contribution in [3.05, 3.63) is 78.4 Å². The van der Waals surface area contributed by atoms with E-state index in [1.165, 1.54) is 16.3 Å². The number of hydrogen-bond acceptors (Lipinski definition) is 3. The van der Waals surface area contributed by atoms with Gasteiger partial charge in [-0.2, -0.15) is 10.2 Å². The summed E-state index contributed by atoms with van der Waals surface area (Å²) >= 11 is 0. The van der Waals surface area contributed by atoms with E-state index in [0.29, 0.717) is 25.2 Å². The third-order valence-corrected chi connectivity index (χ3v) is 4.46. The molecule has 0 unspecified atom stereocenters. The van der Waals surface area contributed by atoms with E-state index >= 15 is 0 Å². The second-order valence-electron chi connectivity index (χ2n) is 6.64. The largest absolute Gasteiger partial charge is 0.323 e. The van der Waals surface area contributed by atoms with Crippen molar-refractivity contribution in [2.24, 2.45) is 0 Å². The Hall–Kier alpha value is -3.41. The lowest BCUT2D eigenvalue weighted by atomic mass is 10.0. The highest BCUT2D eigenvalue weighted by Crippen LogP contribution is 2.19. The molecule has 27 heavy (non-hydrogen) atoms. The van der Waals surface area contributed by atoms with Gasteiger partial charge in [-0.05, 0) is 28.8 Å². The Balaban J connectivity index is 1.38. The maximum absolute atomic E-state index is 12.1. The van der Waals surface area contributed by atoms with Crippen molar-refractivity contribution in [1.29, 1.82) is 0 Å². The van der Waals surface area contributed by atoms with Crippen LogP contribution in [0, 0.1) is 6.92 Å². The van der Waals surface area contributed by atoms with E-state index in [1.54, 1.807) is 17.1 Å². The summed E-state index contributed by atoms with van der Waals surface area (Å²) in [4.78, 5) is 12.1. The van der Waals surface area contributed by atoms with Crippen LogP contribution in [0.5, 0.6) is 0 Å². The number of amides is 1. The van der Waals surface area contributed by atoms with Gasteiger partial charge in [-0.1, -0.05) is 42.5 Å². The molecule has 0 saturated heterocycles. The molecule has 4 rings (SSSR count). The number of nitrogens with one attached hydrogen (secondary N) is 1. The first kappa shape index (κ1) is 17.0. The number of hydrogen-bond donors (Lipinski definition) is 1. The number of carbonyl (C=O) groups is 1. The number of aryl methyl sites for hydroxylation is 2. The summed E-state index contributed by atoms with van der Waals surface area (Å²) in [5.74, 6) is -0.0483. The Morgan fingerprint density at radius 2 is 1.81 bits per heavy atom. The quantitative estimate of drug-likeness (QED) is 0.572. The van der Waals surface area contributed by atoms with Crippen molar-refractivity contribution in [2.45, 2.75) is 26.4 Å². The zero-order chi connectivity index (χ0) is 18.6. The van der Waals surface area contributed by atoms with Crippen molar-refractivity contribution >= 4 is 22.4 Å². The number of benzene rings is 2. The number of rotatable bonds is 6. The topological polar surface area (TPSA) is 64.7 Å². The summed E-state index contributed by atoms with van der Waals surface area (Å²) < 4.78 is 3.62. The molecule has 0 aliphatic carbocycles. The minimum Gasteiger partial charge on any atom is -0.323 e. The second-order valence-corrected chi connectivity index (χ2v) is 6.64. The monoisotopic (exact) mass is 359 g/mol. The summed E-state index contributed by atoms with van der Waals surface area (Å²) in [5.41, 5.74) is 2.99. The van der Waals surface area contributed by atoms with Crippen LogP contribution in [-0.2, 0) is 17.9 Å². The molecule has 2 aromatic carbocycles. The molecule has 136 valence electrons. The first-order valence-corrected chi connectivity index (χ1v) is 8.95. The normalized spacial score (nSPS) is 11.0. The summed E-state index contributed by atoms with van der Waals surface area (Å²) in [6.07, 6.45) is 7.62. The highest BCUT2D eigenvalue weighted by atomic mass is 16.1. The SMILES string of the molecule is Cc1cnn(CCC(=O)Nc2cnn(Cc3cccc4ccccc34)c2)c1. The summed E-state index contributed by atoms with van der Waals surface area (Å²) in [6.45, 7) is 3.20. The van der Waals surface area contributed by atoms with Crippen molar-refractivity contribution in [1.82, 2.24) is 19.6 Å². The Morgan fingerprint density at radius 1 is 1.00 bits per heavy atom. The van der Waals surface area contributed by atoms with Gasteiger partial charge in [0.1, 0.15) is 0 Å². The fourth-order valence-electron chi connectivity index (χ4n) is 3.15. The van der Waals surface area contributed by atoms with Gasteiger partial charge >= 0.3 is 0 Å². The molecule has 0 saturated carbocycles. The number of fused-ring (bicyclic) bond motifs is 1. The molecule has 2 aromatic heterocycles. The first-order chi connectivity index (χ1) is 13.2. The zero-order valence-corrected chi connectivity index (χ0v) is 15.2. The van der Waals surface area contributed by atoms with Gasteiger partial charge in [0.25, 0.3) is 0 Å². The van der Waals surface area contributed by atoms with E-state index < -0.39 is 0 Å². The van der Waals surface area contributed by atoms with Crippen LogP contribution < -0.4 is 5.32 Å². The van der Waals surface area contributed by atoms with E-state index in [2.05, 4.69) is 45.8 Å². The highest BCUT2D eigenvalue weighted by molar-refractivity contribution is 5.90. The van der Waals surface area contributed by atoms with Crippen LogP contribution in [0.3, 0.4) is 0 Å². The predicted octanol–water partition coefficient (Wildman–Crippen LogP) is 3.62. The molecular formula is C21H21N5O. The number of carbonyl (C=O) groups excluding carboxylic acids is 1. The molecule has 0 bridgehead atoms. The van der Waals surface area contributed by atoms with Gasteiger partial charge in [-0.15, -0.1) is 0 Å². The van der Waals surface area contributed by atoms with Gasteiger partial charge in [-0.3, -0.25) is 14.2 Å². The molecule has 0 spiro atoms. The molecule has 0 atom stereocenters. The van der Waals surface area contributed by atoms with Gasteiger partial charge in [-0.25, -0.2) is 0 Å². The average molecular weight is 359 g/mol. The molecule has 2 heterocycles. The molecule has 1 N–H and O–H groups in total. The van der Waals surface area contributed by atoms with Crippen LogP contribution in [0.15, 0.2) is 67.3 Å². The summed E-state index contributed by atoms with van der Waals surface area (Å²) in [6, 6.07) is 14.6. The Morgan fingerprint density at radius 3 is 2.67 bits per heavy atom. The third kappa shape index (κ3) is 4.06. The van der Waals surface area contributed by atoms with E-state index in [1.807, 2.05) is 36.1 Å². The van der Waals surface area contributed by atoms with Crippen molar-refractivity contribution < 1.29 is 4.79 Å². The van der Waals surface area contributed by atoms with Crippen LogP contribution in [0.4, 0.5) is 5.69 Å². The van der Waals surface area contributed by atoms with Crippen molar-refractivity contribution in [3.63, 3.8) is 0 Å². The van der Waals surface area contributed by atoms with Crippen LogP contribution in [0.1, 0.15) is 17.5 Å². The maximum atomic E-state index is 12.1. The lowest BCUT2D eigenvalue weighted by Gasteiger charge is -2.06. The van der Waals surface area contributed by atoms with Gasteiger partial charge in [0, 0.05) is 25.4 Å². The molecule has 0 aliphatic heterocycles. The van der Waals surface area contributed by atoms with Gasteiger partial charge in [0.2, 0.25) is 5.91 Å². The lowest BCUT2D eigenvalue weighted by Crippen LogP contribution is -2.14. The van der Waals surface area contributed by atoms with Crippen LogP contribution in [-0.4, -0.2) is 25.5 Å². The van der Waals surface area contributed by atoms with Crippen molar-refractivity contribution in [3.8, 4) is 0 Å². The average Bonchev–Trinajstić information content (AvgIpc) is 3.29. The van der Waals surface area contributed by atoms with Gasteiger partial charge < -0.3 is 5.32 Å². The highest BCUT2D eigenvalue weighted by Gasteiger charge is 2.07. The standard InChI is InChI=1S/C21H21N5O/c1-16-11-22-25(13-16)10-9-21(27)24-19-12-23-26(15-19)14-18-7-4-6-17-5-2-3-8-20(17)18/h2-8,11-13,15H,9-10,14H2,1H3,(H,24,27). The van der Waals surface area contributed by atoms with Crippen LogP contribution in [0.25, 0.3) is 10.8 Å². The lowest BCUT2D eigenvalue weighted by molar-refractivity contribution is -0.116. The Kier molecular flexibility index (Phi) is 4.70. The minimum absolute atomic E-state index is 0.0483. The second kappa shape index (κ2) is 7.45. The van der Waals surface area contributed by atoms with E-state index in [-0.39, 0.29) is 5.91 Å². The molecule has 0 fully saturated rings. The van der Waals surface area contributed by atoms with Crippen LogP contribution in [0.2, 0.25) is 0 Å². The molecule has 6 heteroatoms. The van der Waals surface area contributed by atoms with Gasteiger partial charge in [0.05, 0.1) is 24.6 Å². The predicted molar refractivity (Wildman–Crippen MR) is 105 cm³/mol. The smallest absolute Gasteiger partial charge is 0.226 e. The van der Waals surface area contributed by atoms with Gasteiger partial charge in [0.15, 0.2) is 0 Å². The third-order valence-electron chi connectivity index (χ3n) is 4.46.